The Morgan fingerprint density at radius 3 is 2.21 bits per heavy atom. The number of para-hydroxylation sites is 2. The molecular formula is C38H21N3OS. The van der Waals surface area contributed by atoms with Gasteiger partial charge in [-0.05, 0) is 35.0 Å². The summed E-state index contributed by atoms with van der Waals surface area (Å²) < 4.78 is 11.2. The van der Waals surface area contributed by atoms with Crippen molar-refractivity contribution < 1.29 is 4.42 Å². The van der Waals surface area contributed by atoms with E-state index in [9.17, 15) is 0 Å². The Morgan fingerprint density at radius 1 is 0.535 bits per heavy atom. The number of nitrogens with zero attached hydrogens (tertiary/aromatic N) is 3. The first kappa shape index (κ1) is 23.1. The zero-order chi connectivity index (χ0) is 28.1. The van der Waals surface area contributed by atoms with E-state index >= 15 is 0 Å². The van der Waals surface area contributed by atoms with Gasteiger partial charge in [0.2, 0.25) is 11.7 Å². The second-order valence-corrected chi connectivity index (χ2v) is 12.0. The summed E-state index contributed by atoms with van der Waals surface area (Å²) in [5, 5.41) is 9.11. The molecule has 10 aromatic rings. The van der Waals surface area contributed by atoms with Crippen molar-refractivity contribution in [2.45, 2.75) is 0 Å². The number of hydrogen-bond acceptors (Lipinski definition) is 4. The third-order valence-corrected chi connectivity index (χ3v) is 9.78. The Labute approximate surface area is 249 Å². The lowest BCUT2D eigenvalue weighted by atomic mass is 9.99. The SMILES string of the molecule is c1ccc2c(-c3nc(-n4c5ccccc5c5ccc6sc7ccccc7c6c54)nc4oc5ccccc5c34)cccc2c1. The van der Waals surface area contributed by atoms with E-state index in [-0.39, 0.29) is 0 Å². The van der Waals surface area contributed by atoms with Crippen molar-refractivity contribution in [1.29, 1.82) is 0 Å². The molecule has 6 aromatic carbocycles. The van der Waals surface area contributed by atoms with Crippen molar-refractivity contribution in [3.8, 4) is 17.2 Å². The average Bonchev–Trinajstić information content (AvgIpc) is 3.73. The van der Waals surface area contributed by atoms with Crippen LogP contribution in [0.3, 0.4) is 0 Å². The van der Waals surface area contributed by atoms with Gasteiger partial charge in [-0.1, -0.05) is 103 Å². The van der Waals surface area contributed by atoms with E-state index in [2.05, 4.69) is 114 Å². The van der Waals surface area contributed by atoms with Crippen LogP contribution >= 0.6 is 11.3 Å². The van der Waals surface area contributed by atoms with E-state index in [1.165, 1.54) is 36.3 Å². The van der Waals surface area contributed by atoms with Crippen LogP contribution in [0, 0.1) is 0 Å². The smallest absolute Gasteiger partial charge is 0.238 e. The van der Waals surface area contributed by atoms with Crippen LogP contribution < -0.4 is 0 Å². The van der Waals surface area contributed by atoms with E-state index in [1.807, 2.05) is 29.5 Å². The van der Waals surface area contributed by atoms with Gasteiger partial charge in [-0.3, -0.25) is 4.57 Å². The molecule has 0 saturated carbocycles. The molecule has 0 unspecified atom stereocenters. The van der Waals surface area contributed by atoms with E-state index in [4.69, 9.17) is 14.4 Å². The van der Waals surface area contributed by atoms with Gasteiger partial charge < -0.3 is 4.42 Å². The van der Waals surface area contributed by atoms with Crippen molar-refractivity contribution in [3.05, 3.63) is 127 Å². The highest BCUT2D eigenvalue weighted by molar-refractivity contribution is 7.26. The molecule has 0 aliphatic carbocycles. The molecule has 0 fully saturated rings. The molecule has 0 aliphatic rings. The largest absolute Gasteiger partial charge is 0.437 e. The first-order valence-electron chi connectivity index (χ1n) is 14.3. The molecule has 4 heterocycles. The quantitative estimate of drug-likeness (QED) is 0.209. The first-order chi connectivity index (χ1) is 21.3. The van der Waals surface area contributed by atoms with Gasteiger partial charge in [0.15, 0.2) is 0 Å². The molecule has 0 aliphatic heterocycles. The molecule has 10 rings (SSSR count). The molecule has 0 spiro atoms. The fourth-order valence-electron chi connectivity index (χ4n) is 6.81. The highest BCUT2D eigenvalue weighted by Crippen LogP contribution is 2.44. The summed E-state index contributed by atoms with van der Waals surface area (Å²) in [5.74, 6) is 0.600. The maximum absolute atomic E-state index is 6.47. The number of furan rings is 1. The Balaban J connectivity index is 1.42. The zero-order valence-electron chi connectivity index (χ0n) is 22.8. The lowest BCUT2D eigenvalue weighted by molar-refractivity contribution is 0.651. The summed E-state index contributed by atoms with van der Waals surface area (Å²) in [6, 6.07) is 44.8. The molecule has 43 heavy (non-hydrogen) atoms. The van der Waals surface area contributed by atoms with Crippen molar-refractivity contribution in [3.63, 3.8) is 0 Å². The molecule has 4 aromatic heterocycles. The van der Waals surface area contributed by atoms with Crippen LogP contribution in [-0.4, -0.2) is 14.5 Å². The normalized spacial score (nSPS) is 12.2. The molecule has 4 nitrogen and oxygen atoms in total. The van der Waals surface area contributed by atoms with Crippen molar-refractivity contribution >= 4 is 86.2 Å². The Bertz CT molecular complexity index is 2740. The molecule has 0 amide bonds. The van der Waals surface area contributed by atoms with Gasteiger partial charge in [0.1, 0.15) is 5.58 Å². The molecule has 5 heteroatoms. The summed E-state index contributed by atoms with van der Waals surface area (Å²) in [4.78, 5) is 10.6. The second-order valence-electron chi connectivity index (χ2n) is 11.0. The molecule has 0 saturated heterocycles. The number of benzene rings is 6. The van der Waals surface area contributed by atoms with Gasteiger partial charge in [-0.25, -0.2) is 4.98 Å². The number of rotatable bonds is 2. The van der Waals surface area contributed by atoms with Crippen LogP contribution in [0.4, 0.5) is 0 Å². The average molecular weight is 568 g/mol. The lowest BCUT2D eigenvalue weighted by Gasteiger charge is -2.12. The van der Waals surface area contributed by atoms with Crippen LogP contribution in [0.5, 0.6) is 0 Å². The van der Waals surface area contributed by atoms with E-state index < -0.39 is 0 Å². The third kappa shape index (κ3) is 3.14. The highest BCUT2D eigenvalue weighted by atomic mass is 32.1. The fraction of sp³-hybridized carbons (Fsp3) is 0. The van der Waals surface area contributed by atoms with Gasteiger partial charge in [0, 0.05) is 41.9 Å². The maximum atomic E-state index is 6.47. The second kappa shape index (κ2) is 8.51. The maximum Gasteiger partial charge on any atom is 0.238 e. The Morgan fingerprint density at radius 2 is 1.28 bits per heavy atom. The Hall–Kier alpha value is -5.52. The summed E-state index contributed by atoms with van der Waals surface area (Å²) in [7, 11) is 0. The van der Waals surface area contributed by atoms with Gasteiger partial charge in [0.25, 0.3) is 0 Å². The molecule has 0 atom stereocenters. The number of fused-ring (bicyclic) bond motifs is 11. The summed E-state index contributed by atoms with van der Waals surface area (Å²) in [5.41, 5.74) is 5.51. The van der Waals surface area contributed by atoms with Gasteiger partial charge in [-0.15, -0.1) is 11.3 Å². The minimum atomic E-state index is 0.586. The predicted octanol–water partition coefficient (Wildman–Crippen LogP) is 10.7. The summed E-state index contributed by atoms with van der Waals surface area (Å²) in [6.07, 6.45) is 0. The van der Waals surface area contributed by atoms with E-state index in [0.29, 0.717) is 11.7 Å². The molecule has 200 valence electrons. The van der Waals surface area contributed by atoms with Crippen LogP contribution in [0.2, 0.25) is 0 Å². The van der Waals surface area contributed by atoms with Crippen molar-refractivity contribution in [2.24, 2.45) is 0 Å². The number of aromatic nitrogens is 3. The van der Waals surface area contributed by atoms with Crippen LogP contribution in [0.1, 0.15) is 0 Å². The third-order valence-electron chi connectivity index (χ3n) is 8.65. The van der Waals surface area contributed by atoms with E-state index in [0.717, 1.165) is 44.0 Å². The van der Waals surface area contributed by atoms with Gasteiger partial charge in [0.05, 0.1) is 22.1 Å². The van der Waals surface area contributed by atoms with Crippen LogP contribution in [-0.2, 0) is 0 Å². The van der Waals surface area contributed by atoms with Crippen LogP contribution in [0.25, 0.3) is 92.0 Å². The van der Waals surface area contributed by atoms with E-state index in [1.54, 1.807) is 0 Å². The van der Waals surface area contributed by atoms with Crippen molar-refractivity contribution in [2.75, 3.05) is 0 Å². The Kier molecular flexibility index (Phi) is 4.57. The summed E-state index contributed by atoms with van der Waals surface area (Å²) >= 11 is 1.82. The minimum Gasteiger partial charge on any atom is -0.437 e. The van der Waals surface area contributed by atoms with Crippen LogP contribution in [0.15, 0.2) is 132 Å². The highest BCUT2D eigenvalue weighted by Gasteiger charge is 2.23. The summed E-state index contributed by atoms with van der Waals surface area (Å²) in [6.45, 7) is 0. The number of thiophene rings is 1. The van der Waals surface area contributed by atoms with Crippen molar-refractivity contribution in [1.82, 2.24) is 14.5 Å². The molecule has 0 radical (unpaired) electrons. The first-order valence-corrected chi connectivity index (χ1v) is 15.2. The fourth-order valence-corrected chi connectivity index (χ4v) is 7.92. The van der Waals surface area contributed by atoms with Gasteiger partial charge >= 0.3 is 0 Å². The predicted molar refractivity (Wildman–Crippen MR) is 179 cm³/mol. The standard InChI is InChI=1S/C38H21N3OS/c1-2-12-23-22(10-1)11-9-16-25(23)35-34-27-14-4-7-18-30(27)42-37(34)40-38(39-35)41-29-17-6-3-13-24(29)26-20-21-32-33(36(26)41)28-15-5-8-19-31(28)43-32/h1-21H. The zero-order valence-corrected chi connectivity index (χ0v) is 23.6. The topological polar surface area (TPSA) is 43.9 Å². The monoisotopic (exact) mass is 567 g/mol. The number of hydrogen-bond donors (Lipinski definition) is 0. The molecule has 0 N–H and O–H groups in total. The molecular weight excluding hydrogens is 547 g/mol. The van der Waals surface area contributed by atoms with Gasteiger partial charge in [-0.2, -0.15) is 4.98 Å². The molecule has 0 bridgehead atoms. The lowest BCUT2D eigenvalue weighted by Crippen LogP contribution is -2.03. The minimum absolute atomic E-state index is 0.586.